The van der Waals surface area contributed by atoms with Crippen molar-refractivity contribution in [1.82, 2.24) is 15.4 Å². The van der Waals surface area contributed by atoms with Gasteiger partial charge in [0.1, 0.15) is 0 Å². The van der Waals surface area contributed by atoms with Gasteiger partial charge in [-0.05, 0) is 23.8 Å². The fourth-order valence-electron chi connectivity index (χ4n) is 2.54. The Morgan fingerprint density at radius 1 is 1.16 bits per heavy atom. The minimum atomic E-state index is -0.209. The molecule has 3 aromatic rings. The minimum absolute atomic E-state index is 0.209. The number of halogens is 1. The quantitative estimate of drug-likeness (QED) is 0.661. The van der Waals surface area contributed by atoms with Crippen LogP contribution in [0.2, 0.25) is 5.02 Å². The first-order valence-corrected chi connectivity index (χ1v) is 9.01. The highest BCUT2D eigenvalue weighted by Crippen LogP contribution is 2.19. The van der Waals surface area contributed by atoms with Crippen LogP contribution >= 0.6 is 23.4 Å². The molecule has 2 aromatic carbocycles. The van der Waals surface area contributed by atoms with Gasteiger partial charge in [-0.25, -0.2) is 4.79 Å². The summed E-state index contributed by atoms with van der Waals surface area (Å²) in [6.45, 7) is 0.510. The second-order valence-electron chi connectivity index (χ2n) is 5.51. The Balaban J connectivity index is 1.50. The molecule has 0 radical (unpaired) electrons. The van der Waals surface area contributed by atoms with E-state index >= 15 is 0 Å². The zero-order valence-electron chi connectivity index (χ0n) is 13.0. The van der Waals surface area contributed by atoms with Gasteiger partial charge >= 0.3 is 5.69 Å². The highest BCUT2D eigenvalue weighted by molar-refractivity contribution is 8.14. The maximum atomic E-state index is 11.3. The molecule has 126 valence electrons. The zero-order valence-corrected chi connectivity index (χ0v) is 14.6. The van der Waals surface area contributed by atoms with Gasteiger partial charge in [-0.1, -0.05) is 47.6 Å². The molecule has 3 N–H and O–H groups in total. The van der Waals surface area contributed by atoms with Gasteiger partial charge in [0.25, 0.3) is 0 Å². The topological polar surface area (TPSA) is 85.4 Å². The summed E-state index contributed by atoms with van der Waals surface area (Å²) in [7, 11) is 0. The molecule has 0 spiro atoms. The molecule has 0 aliphatic carbocycles. The fourth-order valence-corrected chi connectivity index (χ4v) is 3.51. The van der Waals surface area contributed by atoms with Crippen molar-refractivity contribution in [3.05, 3.63) is 69.1 Å². The average Bonchev–Trinajstić information content (AvgIpc) is 3.00. The van der Waals surface area contributed by atoms with E-state index in [1.54, 1.807) is 11.8 Å². The van der Waals surface area contributed by atoms with Crippen LogP contribution in [0.15, 0.2) is 57.4 Å². The third-order valence-corrected chi connectivity index (χ3v) is 5.11. The van der Waals surface area contributed by atoms with Crippen LogP contribution in [0.3, 0.4) is 0 Å². The lowest BCUT2D eigenvalue weighted by molar-refractivity contribution is 0.987. The van der Waals surface area contributed by atoms with Gasteiger partial charge in [0.2, 0.25) is 0 Å². The van der Waals surface area contributed by atoms with Crippen molar-refractivity contribution in [1.29, 1.82) is 0 Å². The SMILES string of the molecule is O=c1[nH]c2ccc(C3=NNC(=NCc4ccccc4Cl)SC3)cc2[nH]1. The van der Waals surface area contributed by atoms with E-state index in [9.17, 15) is 4.79 Å². The lowest BCUT2D eigenvalue weighted by Gasteiger charge is -2.15. The van der Waals surface area contributed by atoms with Gasteiger partial charge in [0, 0.05) is 16.3 Å². The number of amidine groups is 1. The Morgan fingerprint density at radius 3 is 2.80 bits per heavy atom. The van der Waals surface area contributed by atoms with Gasteiger partial charge in [-0.3, -0.25) is 10.4 Å². The maximum Gasteiger partial charge on any atom is 0.323 e. The Bertz CT molecular complexity index is 1050. The molecule has 0 saturated carbocycles. The number of rotatable bonds is 3. The lowest BCUT2D eigenvalue weighted by Crippen LogP contribution is -2.25. The molecule has 1 aliphatic rings. The monoisotopic (exact) mass is 371 g/mol. The lowest BCUT2D eigenvalue weighted by atomic mass is 10.1. The summed E-state index contributed by atoms with van der Waals surface area (Å²) in [6, 6.07) is 13.4. The smallest absolute Gasteiger partial charge is 0.306 e. The van der Waals surface area contributed by atoms with E-state index in [1.165, 1.54) is 0 Å². The number of thioether (sulfide) groups is 1. The summed E-state index contributed by atoms with van der Waals surface area (Å²) in [5.41, 5.74) is 7.19. The van der Waals surface area contributed by atoms with Gasteiger partial charge in [-0.2, -0.15) is 5.10 Å². The van der Waals surface area contributed by atoms with Crippen molar-refractivity contribution in [3.8, 4) is 0 Å². The maximum absolute atomic E-state index is 11.3. The first kappa shape index (κ1) is 16.0. The van der Waals surface area contributed by atoms with E-state index in [0.717, 1.165) is 33.0 Å². The molecule has 6 nitrogen and oxygen atoms in total. The Labute approximate surface area is 152 Å². The molecular formula is C17H14ClN5OS. The number of benzene rings is 2. The van der Waals surface area contributed by atoms with Crippen LogP contribution in [0.25, 0.3) is 11.0 Å². The number of aromatic nitrogens is 2. The largest absolute Gasteiger partial charge is 0.323 e. The molecule has 2 heterocycles. The number of hydrogen-bond acceptors (Lipinski definition) is 4. The number of nitrogens with zero attached hydrogens (tertiary/aromatic N) is 2. The Morgan fingerprint density at radius 2 is 2.00 bits per heavy atom. The van der Waals surface area contributed by atoms with Crippen molar-refractivity contribution >= 4 is 45.3 Å². The van der Waals surface area contributed by atoms with Gasteiger partial charge < -0.3 is 9.97 Å². The van der Waals surface area contributed by atoms with E-state index in [0.29, 0.717) is 17.3 Å². The number of hydrogen-bond donors (Lipinski definition) is 3. The van der Waals surface area contributed by atoms with Crippen LogP contribution < -0.4 is 11.1 Å². The first-order chi connectivity index (χ1) is 12.2. The number of nitrogens with one attached hydrogen (secondary N) is 3. The van der Waals surface area contributed by atoms with E-state index < -0.39 is 0 Å². The van der Waals surface area contributed by atoms with Crippen LogP contribution in [0.1, 0.15) is 11.1 Å². The van der Waals surface area contributed by atoms with Gasteiger partial charge in [0.05, 0.1) is 23.3 Å². The Hall–Kier alpha value is -2.51. The van der Waals surface area contributed by atoms with E-state index in [-0.39, 0.29) is 5.69 Å². The third kappa shape index (κ3) is 3.47. The van der Waals surface area contributed by atoms with Crippen molar-refractivity contribution in [2.45, 2.75) is 6.54 Å². The fraction of sp³-hybridized carbons (Fsp3) is 0.118. The first-order valence-electron chi connectivity index (χ1n) is 7.65. The van der Waals surface area contributed by atoms with E-state index in [2.05, 4.69) is 25.5 Å². The van der Waals surface area contributed by atoms with E-state index in [4.69, 9.17) is 11.6 Å². The molecule has 0 unspecified atom stereocenters. The predicted molar refractivity (Wildman–Crippen MR) is 104 cm³/mol. The molecule has 25 heavy (non-hydrogen) atoms. The van der Waals surface area contributed by atoms with Gasteiger partial charge in [-0.15, -0.1) is 0 Å². The second kappa shape index (κ2) is 6.78. The van der Waals surface area contributed by atoms with E-state index in [1.807, 2.05) is 42.5 Å². The number of hydrazone groups is 1. The molecule has 1 aromatic heterocycles. The van der Waals surface area contributed by atoms with Crippen LogP contribution in [-0.4, -0.2) is 26.6 Å². The number of aliphatic imine (C=N–C) groups is 1. The standard InChI is InChI=1S/C17H14ClN5OS/c18-12-4-2-1-3-11(12)8-19-17-23-22-15(9-25-17)10-5-6-13-14(7-10)21-16(24)20-13/h1-7H,8-9H2,(H,19,23)(H2,20,21,24). The summed E-state index contributed by atoms with van der Waals surface area (Å²) in [5, 5.41) is 5.89. The number of fused-ring (bicyclic) bond motifs is 1. The number of imidazole rings is 1. The van der Waals surface area contributed by atoms with Crippen LogP contribution in [0.5, 0.6) is 0 Å². The van der Waals surface area contributed by atoms with Gasteiger partial charge in [0.15, 0.2) is 5.17 Å². The molecule has 0 amide bonds. The van der Waals surface area contributed by atoms with Crippen molar-refractivity contribution < 1.29 is 0 Å². The molecule has 8 heteroatoms. The molecule has 4 rings (SSSR count). The summed E-state index contributed by atoms with van der Waals surface area (Å²) in [5.74, 6) is 0.703. The van der Waals surface area contributed by atoms with Crippen molar-refractivity contribution in [3.63, 3.8) is 0 Å². The van der Waals surface area contributed by atoms with Crippen LogP contribution in [0, 0.1) is 0 Å². The van der Waals surface area contributed by atoms with Crippen LogP contribution in [0.4, 0.5) is 0 Å². The molecule has 0 bridgehead atoms. The minimum Gasteiger partial charge on any atom is -0.306 e. The highest BCUT2D eigenvalue weighted by atomic mass is 35.5. The third-order valence-electron chi connectivity index (χ3n) is 3.83. The highest BCUT2D eigenvalue weighted by Gasteiger charge is 2.14. The molecule has 0 fully saturated rings. The van der Waals surface area contributed by atoms with Crippen molar-refractivity contribution in [2.75, 3.05) is 5.75 Å². The Kier molecular flexibility index (Phi) is 4.33. The number of H-pyrrole nitrogens is 2. The predicted octanol–water partition coefficient (Wildman–Crippen LogP) is 3.11. The molecule has 0 atom stereocenters. The summed E-state index contributed by atoms with van der Waals surface area (Å²) >= 11 is 7.73. The van der Waals surface area contributed by atoms with Crippen molar-refractivity contribution in [2.24, 2.45) is 10.1 Å². The zero-order chi connectivity index (χ0) is 17.2. The average molecular weight is 372 g/mol. The second-order valence-corrected chi connectivity index (χ2v) is 6.88. The number of aromatic amines is 2. The van der Waals surface area contributed by atoms with Crippen LogP contribution in [-0.2, 0) is 6.54 Å². The summed E-state index contributed by atoms with van der Waals surface area (Å²) in [4.78, 5) is 21.4. The molecule has 1 aliphatic heterocycles. The molecule has 0 saturated heterocycles. The normalized spacial score (nSPS) is 16.0. The summed E-state index contributed by atoms with van der Waals surface area (Å²) in [6.07, 6.45) is 0. The molecular weight excluding hydrogens is 358 g/mol. The summed E-state index contributed by atoms with van der Waals surface area (Å²) < 4.78 is 0.